The Morgan fingerprint density at radius 2 is 2.07 bits per heavy atom. The zero-order valence-electron chi connectivity index (χ0n) is 15.6. The minimum atomic E-state index is -0.159. The van der Waals surface area contributed by atoms with Gasteiger partial charge in [-0.1, -0.05) is 18.2 Å². The van der Waals surface area contributed by atoms with Crippen LogP contribution in [0.5, 0.6) is 0 Å². The van der Waals surface area contributed by atoms with Crippen molar-refractivity contribution in [3.05, 3.63) is 59.2 Å². The lowest BCUT2D eigenvalue weighted by atomic mass is 10.1. The second kappa shape index (κ2) is 6.75. The predicted octanol–water partition coefficient (Wildman–Crippen LogP) is 2.88. The van der Waals surface area contributed by atoms with Crippen LogP contribution in [0.3, 0.4) is 0 Å². The van der Waals surface area contributed by atoms with Crippen LogP contribution in [0.1, 0.15) is 27.4 Å². The number of benzene rings is 1. The lowest BCUT2D eigenvalue weighted by Crippen LogP contribution is -2.25. The number of rotatable bonds is 5. The summed E-state index contributed by atoms with van der Waals surface area (Å²) in [4.78, 5) is 15.7. The molecule has 138 valence electrons. The first-order chi connectivity index (χ1) is 13.0. The number of H-pyrrole nitrogens is 2. The van der Waals surface area contributed by atoms with Gasteiger partial charge in [0, 0.05) is 41.9 Å². The van der Waals surface area contributed by atoms with Crippen LogP contribution in [0.25, 0.3) is 22.2 Å². The number of carbonyl (C=O) groups excluding carboxylic acids is 1. The van der Waals surface area contributed by atoms with Gasteiger partial charge in [-0.15, -0.1) is 0 Å². The molecular formula is C20H22N6O. The zero-order valence-corrected chi connectivity index (χ0v) is 15.6. The fourth-order valence-corrected chi connectivity index (χ4v) is 3.45. The van der Waals surface area contributed by atoms with Crippen molar-refractivity contribution in [3.63, 3.8) is 0 Å². The van der Waals surface area contributed by atoms with Gasteiger partial charge in [-0.05, 0) is 38.0 Å². The topological polar surface area (TPSA) is 91.4 Å². The van der Waals surface area contributed by atoms with Gasteiger partial charge in [0.15, 0.2) is 0 Å². The molecule has 0 spiro atoms. The first kappa shape index (κ1) is 17.1. The number of hydrogen-bond acceptors (Lipinski definition) is 3. The molecule has 3 heterocycles. The summed E-state index contributed by atoms with van der Waals surface area (Å²) in [5.41, 5.74) is 6.37. The van der Waals surface area contributed by atoms with Crippen molar-refractivity contribution in [2.75, 3.05) is 6.54 Å². The van der Waals surface area contributed by atoms with E-state index in [4.69, 9.17) is 0 Å². The maximum atomic E-state index is 12.4. The molecule has 27 heavy (non-hydrogen) atoms. The zero-order chi connectivity index (χ0) is 19.0. The van der Waals surface area contributed by atoms with Crippen molar-refractivity contribution >= 4 is 16.8 Å². The molecule has 3 aromatic heterocycles. The van der Waals surface area contributed by atoms with Crippen LogP contribution in [0.4, 0.5) is 0 Å². The van der Waals surface area contributed by atoms with Gasteiger partial charge in [0.05, 0.1) is 11.4 Å². The number of carbonyl (C=O) groups is 1. The lowest BCUT2D eigenvalue weighted by Gasteiger charge is -2.03. The summed E-state index contributed by atoms with van der Waals surface area (Å²) >= 11 is 0. The fourth-order valence-electron chi connectivity index (χ4n) is 3.45. The number of nitrogens with one attached hydrogen (secondary N) is 3. The highest BCUT2D eigenvalue weighted by atomic mass is 16.1. The number of aromatic nitrogens is 5. The minimum Gasteiger partial charge on any atom is -0.361 e. The number of nitrogens with zero attached hydrogens (tertiary/aromatic N) is 3. The Labute approximate surface area is 156 Å². The van der Waals surface area contributed by atoms with E-state index in [1.807, 2.05) is 50.0 Å². The molecule has 7 heteroatoms. The number of aryl methyl sites for hydroxylation is 2. The van der Waals surface area contributed by atoms with E-state index in [-0.39, 0.29) is 5.91 Å². The lowest BCUT2D eigenvalue weighted by molar-refractivity contribution is 0.0949. The van der Waals surface area contributed by atoms with Gasteiger partial charge in [-0.3, -0.25) is 14.6 Å². The molecule has 4 aromatic rings. The molecule has 0 aliphatic heterocycles. The van der Waals surface area contributed by atoms with Gasteiger partial charge in [-0.2, -0.15) is 10.2 Å². The quantitative estimate of drug-likeness (QED) is 0.510. The summed E-state index contributed by atoms with van der Waals surface area (Å²) in [6, 6.07) is 9.94. The Morgan fingerprint density at radius 3 is 2.85 bits per heavy atom. The van der Waals surface area contributed by atoms with Gasteiger partial charge >= 0.3 is 0 Å². The first-order valence-corrected chi connectivity index (χ1v) is 8.93. The van der Waals surface area contributed by atoms with E-state index in [0.29, 0.717) is 12.2 Å². The molecule has 0 atom stereocenters. The van der Waals surface area contributed by atoms with Crippen LogP contribution in [-0.4, -0.2) is 37.4 Å². The normalized spacial score (nSPS) is 11.2. The first-order valence-electron chi connectivity index (χ1n) is 8.93. The van der Waals surface area contributed by atoms with Gasteiger partial charge in [0.2, 0.25) is 0 Å². The molecule has 0 unspecified atom stereocenters. The highest BCUT2D eigenvalue weighted by Crippen LogP contribution is 2.25. The van der Waals surface area contributed by atoms with E-state index in [1.54, 1.807) is 6.07 Å². The smallest absolute Gasteiger partial charge is 0.269 e. The number of amides is 1. The molecule has 1 amide bonds. The second-order valence-corrected chi connectivity index (χ2v) is 6.70. The molecule has 0 aliphatic rings. The Morgan fingerprint density at radius 1 is 1.26 bits per heavy atom. The third-order valence-corrected chi connectivity index (χ3v) is 4.94. The van der Waals surface area contributed by atoms with E-state index in [2.05, 4.69) is 31.7 Å². The molecule has 4 rings (SSSR count). The Balaban J connectivity index is 1.43. The molecule has 0 saturated heterocycles. The maximum Gasteiger partial charge on any atom is 0.269 e. The van der Waals surface area contributed by atoms with Crippen LogP contribution in [0.2, 0.25) is 0 Å². The van der Waals surface area contributed by atoms with E-state index in [0.717, 1.165) is 34.6 Å². The Bertz CT molecular complexity index is 1120. The maximum absolute atomic E-state index is 12.4. The molecule has 0 fully saturated rings. The van der Waals surface area contributed by atoms with Crippen LogP contribution < -0.4 is 5.32 Å². The summed E-state index contributed by atoms with van der Waals surface area (Å²) < 4.78 is 1.82. The van der Waals surface area contributed by atoms with Crippen molar-refractivity contribution in [1.29, 1.82) is 0 Å². The van der Waals surface area contributed by atoms with E-state index < -0.39 is 0 Å². The average molecular weight is 362 g/mol. The summed E-state index contributed by atoms with van der Waals surface area (Å²) in [5, 5.41) is 15.7. The Hall–Kier alpha value is -3.35. The summed E-state index contributed by atoms with van der Waals surface area (Å²) in [6.45, 7) is 4.49. The molecular weight excluding hydrogens is 340 g/mol. The SMILES string of the molecule is Cc1nn(C)c(C)c1-c1cc(C(=O)NCCc2c[nH]c3ccccc23)[nH]n1. The van der Waals surface area contributed by atoms with Crippen molar-refractivity contribution in [2.24, 2.45) is 7.05 Å². The molecule has 0 saturated carbocycles. The van der Waals surface area contributed by atoms with Gasteiger partial charge in [-0.25, -0.2) is 0 Å². The fraction of sp³-hybridized carbons (Fsp3) is 0.250. The van der Waals surface area contributed by atoms with Crippen molar-refractivity contribution in [3.8, 4) is 11.3 Å². The third-order valence-electron chi connectivity index (χ3n) is 4.94. The van der Waals surface area contributed by atoms with E-state index in [9.17, 15) is 4.79 Å². The average Bonchev–Trinajstić information content (AvgIpc) is 3.34. The minimum absolute atomic E-state index is 0.159. The van der Waals surface area contributed by atoms with E-state index in [1.165, 1.54) is 10.9 Å². The Kier molecular flexibility index (Phi) is 4.27. The molecule has 7 nitrogen and oxygen atoms in total. The van der Waals surface area contributed by atoms with Crippen molar-refractivity contribution < 1.29 is 4.79 Å². The largest absolute Gasteiger partial charge is 0.361 e. The van der Waals surface area contributed by atoms with Crippen LogP contribution >= 0.6 is 0 Å². The monoisotopic (exact) mass is 362 g/mol. The van der Waals surface area contributed by atoms with E-state index >= 15 is 0 Å². The molecule has 0 aliphatic carbocycles. The number of aromatic amines is 2. The summed E-state index contributed by atoms with van der Waals surface area (Å²) in [5.74, 6) is -0.159. The molecule has 1 aromatic carbocycles. The number of fused-ring (bicyclic) bond motifs is 1. The van der Waals surface area contributed by atoms with Gasteiger partial charge in [0.25, 0.3) is 5.91 Å². The van der Waals surface area contributed by atoms with Crippen molar-refractivity contribution in [2.45, 2.75) is 20.3 Å². The second-order valence-electron chi connectivity index (χ2n) is 6.70. The highest BCUT2D eigenvalue weighted by Gasteiger charge is 2.17. The third kappa shape index (κ3) is 3.12. The predicted molar refractivity (Wildman–Crippen MR) is 105 cm³/mol. The van der Waals surface area contributed by atoms with Crippen LogP contribution in [-0.2, 0) is 13.5 Å². The highest BCUT2D eigenvalue weighted by molar-refractivity contribution is 5.93. The van der Waals surface area contributed by atoms with Gasteiger partial charge in [0.1, 0.15) is 5.69 Å². The molecule has 0 bridgehead atoms. The molecule has 3 N–H and O–H groups in total. The van der Waals surface area contributed by atoms with Gasteiger partial charge < -0.3 is 10.3 Å². The summed E-state index contributed by atoms with van der Waals surface area (Å²) in [6.07, 6.45) is 2.76. The number of hydrogen-bond donors (Lipinski definition) is 3. The standard InChI is InChI=1S/C20H22N6O/c1-12-19(13(2)26(3)25-12)17-10-18(24-23-17)20(27)21-9-8-14-11-22-16-7-5-4-6-15(14)16/h4-7,10-11,22H,8-9H2,1-3H3,(H,21,27)(H,23,24). The van der Waals surface area contributed by atoms with Crippen molar-refractivity contribution in [1.82, 2.24) is 30.3 Å². The summed E-state index contributed by atoms with van der Waals surface area (Å²) in [7, 11) is 1.90. The van der Waals surface area contributed by atoms with Crippen LogP contribution in [0.15, 0.2) is 36.5 Å². The number of para-hydroxylation sites is 1. The van der Waals surface area contributed by atoms with Crippen LogP contribution in [0, 0.1) is 13.8 Å². The molecule has 0 radical (unpaired) electrons.